The summed E-state index contributed by atoms with van der Waals surface area (Å²) in [6.07, 6.45) is 1.82. The average molecular weight is 397 g/mol. The summed E-state index contributed by atoms with van der Waals surface area (Å²) in [7, 11) is 0. The van der Waals surface area contributed by atoms with Crippen LogP contribution in [0.2, 0.25) is 0 Å². The highest BCUT2D eigenvalue weighted by Gasteiger charge is 2.29. The largest absolute Gasteiger partial charge is 0.444 e. The van der Waals surface area contributed by atoms with E-state index in [-0.39, 0.29) is 6.09 Å². The maximum Gasteiger partial charge on any atom is 0.410 e. The number of nitrogens with zero attached hydrogens (tertiary/aromatic N) is 1. The number of piperidine rings is 1. The molecule has 4 nitrogen and oxygen atoms in total. The van der Waals surface area contributed by atoms with Gasteiger partial charge in [0.05, 0.1) is 0 Å². The highest BCUT2D eigenvalue weighted by molar-refractivity contribution is 9.10. The Morgan fingerprint density at radius 1 is 1.33 bits per heavy atom. The van der Waals surface area contributed by atoms with E-state index in [1.807, 2.05) is 25.7 Å². The smallest absolute Gasteiger partial charge is 0.410 e. The minimum absolute atomic E-state index is 0.190. The molecule has 1 amide bonds. The van der Waals surface area contributed by atoms with Crippen LogP contribution in [-0.2, 0) is 4.74 Å². The van der Waals surface area contributed by atoms with Crippen molar-refractivity contribution in [1.82, 2.24) is 4.90 Å². The van der Waals surface area contributed by atoms with E-state index in [1.165, 1.54) is 11.3 Å². The number of aryl methyl sites for hydroxylation is 1. The minimum atomic E-state index is -0.429. The van der Waals surface area contributed by atoms with Crippen molar-refractivity contribution >= 4 is 27.7 Å². The van der Waals surface area contributed by atoms with Crippen LogP contribution in [0, 0.1) is 12.8 Å². The van der Waals surface area contributed by atoms with Gasteiger partial charge in [0.1, 0.15) is 5.60 Å². The number of nitrogens with one attached hydrogen (secondary N) is 1. The molecule has 24 heavy (non-hydrogen) atoms. The summed E-state index contributed by atoms with van der Waals surface area (Å²) in [5, 5.41) is 3.63. The van der Waals surface area contributed by atoms with E-state index in [9.17, 15) is 4.79 Å². The summed E-state index contributed by atoms with van der Waals surface area (Å²) in [4.78, 5) is 14.0. The Balaban J connectivity index is 1.86. The van der Waals surface area contributed by atoms with Gasteiger partial charge in [-0.25, -0.2) is 4.79 Å². The molecular formula is C19H29BrN2O2. The van der Waals surface area contributed by atoms with Crippen LogP contribution in [0.3, 0.4) is 0 Å². The molecule has 0 aromatic heterocycles. The zero-order valence-corrected chi connectivity index (χ0v) is 16.9. The number of ether oxygens (including phenoxy) is 1. The Morgan fingerprint density at radius 2 is 1.96 bits per heavy atom. The quantitative estimate of drug-likeness (QED) is 0.762. The number of carbonyl (C=O) groups excluding carboxylic acids is 1. The lowest BCUT2D eigenvalue weighted by molar-refractivity contribution is 0.0179. The van der Waals surface area contributed by atoms with Crippen LogP contribution >= 0.6 is 15.9 Å². The Bertz CT molecular complexity index is 575. The zero-order chi connectivity index (χ0) is 17.9. The molecule has 1 aromatic rings. The van der Waals surface area contributed by atoms with Crippen molar-refractivity contribution in [1.29, 1.82) is 0 Å². The first kappa shape index (κ1) is 19.1. The van der Waals surface area contributed by atoms with E-state index in [0.717, 1.165) is 30.4 Å². The fourth-order valence-corrected chi connectivity index (χ4v) is 3.54. The number of rotatable bonds is 3. The van der Waals surface area contributed by atoms with Gasteiger partial charge in [-0.15, -0.1) is 0 Å². The van der Waals surface area contributed by atoms with Crippen LogP contribution < -0.4 is 5.32 Å². The Hall–Kier alpha value is -1.23. The first-order chi connectivity index (χ1) is 11.2. The second-order valence-electron chi connectivity index (χ2n) is 7.70. The van der Waals surface area contributed by atoms with E-state index >= 15 is 0 Å². The molecular weight excluding hydrogens is 368 g/mol. The molecule has 0 bridgehead atoms. The van der Waals surface area contributed by atoms with Crippen LogP contribution in [0.5, 0.6) is 0 Å². The monoisotopic (exact) mass is 396 g/mol. The van der Waals surface area contributed by atoms with Crippen LogP contribution in [-0.4, -0.2) is 35.7 Å². The molecule has 134 valence electrons. The predicted molar refractivity (Wildman–Crippen MR) is 102 cm³/mol. The van der Waals surface area contributed by atoms with Gasteiger partial charge in [0.2, 0.25) is 0 Å². The van der Waals surface area contributed by atoms with Gasteiger partial charge in [0.15, 0.2) is 0 Å². The molecule has 1 aliphatic rings. The Labute approximate surface area is 154 Å². The number of hydrogen-bond donors (Lipinski definition) is 1. The van der Waals surface area contributed by atoms with Crippen molar-refractivity contribution in [3.63, 3.8) is 0 Å². The number of benzene rings is 1. The summed E-state index contributed by atoms with van der Waals surface area (Å²) in [6, 6.07) is 6.68. The molecule has 2 rings (SSSR count). The zero-order valence-electron chi connectivity index (χ0n) is 15.4. The lowest BCUT2D eigenvalue weighted by atomic mass is 9.90. The van der Waals surface area contributed by atoms with E-state index in [2.05, 4.69) is 53.3 Å². The third-order valence-corrected chi connectivity index (χ3v) is 4.96. The van der Waals surface area contributed by atoms with Gasteiger partial charge in [0.25, 0.3) is 0 Å². The first-order valence-electron chi connectivity index (χ1n) is 8.66. The van der Waals surface area contributed by atoms with Gasteiger partial charge in [0, 0.05) is 29.3 Å². The van der Waals surface area contributed by atoms with E-state index in [0.29, 0.717) is 12.0 Å². The van der Waals surface area contributed by atoms with Gasteiger partial charge in [-0.2, -0.15) is 0 Å². The van der Waals surface area contributed by atoms with Gasteiger partial charge in [-0.1, -0.05) is 15.9 Å². The van der Waals surface area contributed by atoms with Crippen molar-refractivity contribution < 1.29 is 9.53 Å². The first-order valence-corrected chi connectivity index (χ1v) is 9.45. The van der Waals surface area contributed by atoms with Gasteiger partial charge < -0.3 is 15.0 Å². The second-order valence-corrected chi connectivity index (χ2v) is 8.61. The van der Waals surface area contributed by atoms with Crippen molar-refractivity contribution in [2.45, 2.75) is 59.1 Å². The van der Waals surface area contributed by atoms with E-state index in [1.54, 1.807) is 0 Å². The SMILES string of the molecule is Cc1cc(Br)ccc1NC(C)C1CCN(C(=O)OC(C)(C)C)CC1. The highest BCUT2D eigenvalue weighted by Crippen LogP contribution is 2.26. The molecule has 1 N–H and O–H groups in total. The average Bonchev–Trinajstić information content (AvgIpc) is 2.48. The number of carbonyl (C=O) groups is 1. The molecule has 1 aromatic carbocycles. The van der Waals surface area contributed by atoms with Crippen molar-refractivity contribution in [3.8, 4) is 0 Å². The summed E-state index contributed by atoms with van der Waals surface area (Å²) < 4.78 is 6.56. The summed E-state index contributed by atoms with van der Waals surface area (Å²) in [5.41, 5.74) is 1.99. The maximum absolute atomic E-state index is 12.1. The Kier molecular flexibility index (Phi) is 6.18. The topological polar surface area (TPSA) is 41.6 Å². The van der Waals surface area contributed by atoms with Gasteiger partial charge >= 0.3 is 6.09 Å². The fraction of sp³-hybridized carbons (Fsp3) is 0.632. The molecule has 1 fully saturated rings. The molecule has 1 heterocycles. The number of likely N-dealkylation sites (tertiary alicyclic amines) is 1. The van der Waals surface area contributed by atoms with Gasteiger partial charge in [-0.05, 0) is 77.1 Å². The number of amides is 1. The fourth-order valence-electron chi connectivity index (χ4n) is 3.06. The third-order valence-electron chi connectivity index (χ3n) is 4.47. The summed E-state index contributed by atoms with van der Waals surface area (Å²) in [5.74, 6) is 0.562. The third kappa shape index (κ3) is 5.40. The standard InChI is InChI=1S/C19H29BrN2O2/c1-13-12-16(20)6-7-17(13)21-14(2)15-8-10-22(11-9-15)18(23)24-19(3,4)5/h6-7,12,14-15,21H,8-11H2,1-5H3. The predicted octanol–water partition coefficient (Wildman–Crippen LogP) is 5.21. The lowest BCUT2D eigenvalue weighted by Gasteiger charge is -2.36. The lowest BCUT2D eigenvalue weighted by Crippen LogP contribution is -2.44. The van der Waals surface area contributed by atoms with Crippen LogP contribution in [0.1, 0.15) is 46.1 Å². The van der Waals surface area contributed by atoms with Gasteiger partial charge in [-0.3, -0.25) is 0 Å². The van der Waals surface area contributed by atoms with Crippen LogP contribution in [0.25, 0.3) is 0 Å². The van der Waals surface area contributed by atoms with Crippen molar-refractivity contribution in [2.75, 3.05) is 18.4 Å². The second kappa shape index (κ2) is 7.77. The van der Waals surface area contributed by atoms with Crippen molar-refractivity contribution in [2.24, 2.45) is 5.92 Å². The normalized spacial score (nSPS) is 17.5. The van der Waals surface area contributed by atoms with E-state index in [4.69, 9.17) is 4.74 Å². The number of hydrogen-bond acceptors (Lipinski definition) is 3. The molecule has 1 saturated heterocycles. The molecule has 0 spiro atoms. The van der Waals surface area contributed by atoms with Crippen molar-refractivity contribution in [3.05, 3.63) is 28.2 Å². The molecule has 0 aliphatic carbocycles. The number of halogens is 1. The molecule has 1 unspecified atom stereocenters. The molecule has 5 heteroatoms. The maximum atomic E-state index is 12.1. The summed E-state index contributed by atoms with van der Waals surface area (Å²) in [6.45, 7) is 11.6. The van der Waals surface area contributed by atoms with Crippen LogP contribution in [0.4, 0.5) is 10.5 Å². The van der Waals surface area contributed by atoms with E-state index < -0.39 is 5.60 Å². The minimum Gasteiger partial charge on any atom is -0.444 e. The highest BCUT2D eigenvalue weighted by atomic mass is 79.9. The summed E-state index contributed by atoms with van der Waals surface area (Å²) >= 11 is 3.50. The number of anilines is 1. The molecule has 1 atom stereocenters. The Morgan fingerprint density at radius 3 is 2.50 bits per heavy atom. The molecule has 1 aliphatic heterocycles. The molecule has 0 radical (unpaired) electrons. The van der Waals surface area contributed by atoms with Crippen LogP contribution in [0.15, 0.2) is 22.7 Å². The molecule has 0 saturated carbocycles.